The topological polar surface area (TPSA) is 93.5 Å². The van der Waals surface area contributed by atoms with Gasteiger partial charge in [-0.05, 0) is 12.0 Å². The molecule has 2 N–H and O–H groups in total. The number of rotatable bonds is 7. The highest BCUT2D eigenvalue weighted by Crippen LogP contribution is 2.43. The molecule has 7 nitrogen and oxygen atoms in total. The fraction of sp³-hybridized carbons (Fsp3) is 0.400. The van der Waals surface area contributed by atoms with Crippen LogP contribution in [0.15, 0.2) is 64.8 Å². The summed E-state index contributed by atoms with van der Waals surface area (Å²) in [6, 6.07) is 10.8. The Morgan fingerprint density at radius 1 is 1.33 bits per heavy atom. The van der Waals surface area contributed by atoms with Gasteiger partial charge < -0.3 is 14.6 Å². The molecule has 1 aromatic heterocycles. The first-order valence-corrected chi connectivity index (χ1v) is 8.95. The lowest BCUT2D eigenvalue weighted by molar-refractivity contribution is -0.125. The van der Waals surface area contributed by atoms with Gasteiger partial charge in [0, 0.05) is 18.7 Å². The summed E-state index contributed by atoms with van der Waals surface area (Å²) in [5.41, 5.74) is -1.68. The summed E-state index contributed by atoms with van der Waals surface area (Å²) in [6.45, 7) is 5.95. The molecule has 4 unspecified atom stereocenters. The van der Waals surface area contributed by atoms with Crippen molar-refractivity contribution in [3.63, 3.8) is 0 Å². The zero-order valence-corrected chi connectivity index (χ0v) is 15.2. The van der Waals surface area contributed by atoms with Crippen molar-refractivity contribution in [2.75, 3.05) is 0 Å². The van der Waals surface area contributed by atoms with Crippen molar-refractivity contribution in [2.45, 2.75) is 50.4 Å². The first-order chi connectivity index (χ1) is 13.0. The number of H-pyrrole nitrogens is 1. The lowest BCUT2D eigenvalue weighted by Crippen LogP contribution is -2.49. The molecule has 3 rings (SSSR count). The van der Waals surface area contributed by atoms with E-state index in [0.29, 0.717) is 13.0 Å². The minimum absolute atomic E-state index is 0.166. The summed E-state index contributed by atoms with van der Waals surface area (Å²) in [7, 11) is 0. The van der Waals surface area contributed by atoms with E-state index in [0.717, 1.165) is 5.56 Å². The second-order valence-corrected chi connectivity index (χ2v) is 6.65. The molecule has 4 atom stereocenters. The summed E-state index contributed by atoms with van der Waals surface area (Å²) in [6.07, 6.45) is 1.58. The highest BCUT2D eigenvalue weighted by molar-refractivity contribution is 5.14. The lowest BCUT2D eigenvalue weighted by Gasteiger charge is -2.33. The maximum Gasteiger partial charge on any atom is 0.330 e. The molecular weight excluding hydrogens is 348 g/mol. The summed E-state index contributed by atoms with van der Waals surface area (Å²) in [4.78, 5) is 25.8. The van der Waals surface area contributed by atoms with Crippen LogP contribution < -0.4 is 11.2 Å². The van der Waals surface area contributed by atoms with Gasteiger partial charge in [-0.3, -0.25) is 14.3 Å². The molecule has 1 aromatic carbocycles. The van der Waals surface area contributed by atoms with Gasteiger partial charge >= 0.3 is 5.69 Å². The van der Waals surface area contributed by atoms with E-state index in [4.69, 9.17) is 9.47 Å². The Morgan fingerprint density at radius 2 is 2.07 bits per heavy atom. The van der Waals surface area contributed by atoms with Crippen LogP contribution in [0, 0.1) is 0 Å². The average Bonchev–Trinajstić information content (AvgIpc) is 2.93. The molecule has 0 spiro atoms. The number of hydrogen-bond acceptors (Lipinski definition) is 5. The molecule has 2 aromatic rings. The number of hydrogen-bond donors (Lipinski definition) is 2. The van der Waals surface area contributed by atoms with E-state index >= 15 is 0 Å². The Kier molecular flexibility index (Phi) is 5.74. The maximum atomic E-state index is 12.2. The number of aliphatic hydroxyl groups is 1. The second kappa shape index (κ2) is 8.04. The number of aromatic amines is 1. The van der Waals surface area contributed by atoms with Gasteiger partial charge in [0.05, 0.1) is 12.7 Å². The zero-order chi connectivity index (χ0) is 19.4. The van der Waals surface area contributed by atoms with Crippen molar-refractivity contribution >= 4 is 0 Å². The lowest BCUT2D eigenvalue weighted by atomic mass is 9.89. The highest BCUT2D eigenvalue weighted by Gasteiger charge is 2.56. The van der Waals surface area contributed by atoms with E-state index in [1.54, 1.807) is 6.08 Å². The van der Waals surface area contributed by atoms with Crippen LogP contribution in [-0.4, -0.2) is 32.5 Å². The molecule has 1 fully saturated rings. The molecule has 0 saturated carbocycles. The van der Waals surface area contributed by atoms with E-state index in [-0.39, 0.29) is 6.42 Å². The standard InChI is InChI=1S/C20H24N2O5/c1-3-11-20(25)17(26-13-14-8-6-5-7-9-14)15(4-2)27-18(20)22-12-10-16(23)21-19(22)24/h3,5-10,12,15,17-18,25H,1,4,11,13H2,2H3,(H,21,23,24). The Hall–Kier alpha value is -2.48. The summed E-state index contributed by atoms with van der Waals surface area (Å²) >= 11 is 0. The maximum absolute atomic E-state index is 12.2. The third-order valence-corrected chi connectivity index (χ3v) is 4.81. The van der Waals surface area contributed by atoms with Crippen LogP contribution in [0.2, 0.25) is 0 Å². The third kappa shape index (κ3) is 3.80. The van der Waals surface area contributed by atoms with Crippen LogP contribution in [-0.2, 0) is 16.1 Å². The van der Waals surface area contributed by atoms with Crippen molar-refractivity contribution < 1.29 is 14.6 Å². The van der Waals surface area contributed by atoms with E-state index in [1.165, 1.54) is 16.8 Å². The summed E-state index contributed by atoms with van der Waals surface area (Å²) < 4.78 is 13.3. The van der Waals surface area contributed by atoms with Gasteiger partial charge in [0.25, 0.3) is 5.56 Å². The molecule has 0 bridgehead atoms. The van der Waals surface area contributed by atoms with Crippen LogP contribution >= 0.6 is 0 Å². The SMILES string of the molecule is C=CCC1(O)C(OCc2ccccc2)C(CC)OC1n1ccc(=O)[nH]c1=O. The monoisotopic (exact) mass is 372 g/mol. The molecule has 27 heavy (non-hydrogen) atoms. The van der Waals surface area contributed by atoms with Crippen LogP contribution in [0.3, 0.4) is 0 Å². The number of nitrogens with zero attached hydrogens (tertiary/aromatic N) is 1. The molecule has 1 aliphatic heterocycles. The fourth-order valence-corrected chi connectivity index (χ4v) is 3.51. The van der Waals surface area contributed by atoms with Crippen molar-refractivity contribution in [3.8, 4) is 0 Å². The molecule has 1 saturated heterocycles. The minimum atomic E-state index is -1.50. The van der Waals surface area contributed by atoms with E-state index in [9.17, 15) is 14.7 Å². The van der Waals surface area contributed by atoms with E-state index < -0.39 is 35.3 Å². The van der Waals surface area contributed by atoms with Crippen LogP contribution in [0.25, 0.3) is 0 Å². The Balaban J connectivity index is 1.94. The minimum Gasteiger partial charge on any atom is -0.382 e. The fourth-order valence-electron chi connectivity index (χ4n) is 3.51. The molecule has 1 aliphatic rings. The van der Waals surface area contributed by atoms with Crippen LogP contribution in [0.1, 0.15) is 31.6 Å². The van der Waals surface area contributed by atoms with Gasteiger partial charge in [-0.1, -0.05) is 43.3 Å². The van der Waals surface area contributed by atoms with E-state index in [1.807, 2.05) is 37.3 Å². The molecule has 2 heterocycles. The number of benzene rings is 1. The van der Waals surface area contributed by atoms with Gasteiger partial charge in [0.1, 0.15) is 11.7 Å². The number of ether oxygens (including phenoxy) is 2. The van der Waals surface area contributed by atoms with Crippen molar-refractivity contribution in [1.82, 2.24) is 9.55 Å². The predicted octanol–water partition coefficient (Wildman–Crippen LogP) is 1.74. The second-order valence-electron chi connectivity index (χ2n) is 6.65. The van der Waals surface area contributed by atoms with Crippen molar-refractivity contribution in [3.05, 3.63) is 81.7 Å². The molecule has 0 amide bonds. The summed E-state index contributed by atoms with van der Waals surface area (Å²) in [5, 5.41) is 11.5. The average molecular weight is 372 g/mol. The number of nitrogens with one attached hydrogen (secondary N) is 1. The van der Waals surface area contributed by atoms with Crippen molar-refractivity contribution in [1.29, 1.82) is 0 Å². The third-order valence-electron chi connectivity index (χ3n) is 4.81. The first-order valence-electron chi connectivity index (χ1n) is 8.95. The predicted molar refractivity (Wildman–Crippen MR) is 100 cm³/mol. The molecule has 144 valence electrons. The van der Waals surface area contributed by atoms with Gasteiger partial charge in [0.15, 0.2) is 6.23 Å². The summed E-state index contributed by atoms with van der Waals surface area (Å²) in [5.74, 6) is 0. The largest absolute Gasteiger partial charge is 0.382 e. The molecular formula is C20H24N2O5. The Bertz CT molecular complexity index is 891. The van der Waals surface area contributed by atoms with Gasteiger partial charge in [-0.2, -0.15) is 0 Å². The first kappa shape index (κ1) is 19.3. The normalized spacial score (nSPS) is 27.6. The zero-order valence-electron chi connectivity index (χ0n) is 15.2. The Morgan fingerprint density at radius 3 is 2.70 bits per heavy atom. The van der Waals surface area contributed by atoms with Crippen LogP contribution in [0.4, 0.5) is 0 Å². The molecule has 0 aliphatic carbocycles. The molecule has 0 radical (unpaired) electrons. The Labute approximate surface area is 156 Å². The highest BCUT2D eigenvalue weighted by atomic mass is 16.6. The quantitative estimate of drug-likeness (QED) is 0.722. The van der Waals surface area contributed by atoms with Crippen LogP contribution in [0.5, 0.6) is 0 Å². The van der Waals surface area contributed by atoms with Crippen molar-refractivity contribution in [2.24, 2.45) is 0 Å². The van der Waals surface area contributed by atoms with Gasteiger partial charge in [-0.25, -0.2) is 4.79 Å². The molecule has 7 heteroatoms. The smallest absolute Gasteiger partial charge is 0.330 e. The van der Waals surface area contributed by atoms with E-state index in [2.05, 4.69) is 11.6 Å². The van der Waals surface area contributed by atoms with Gasteiger partial charge in [0.2, 0.25) is 0 Å². The van der Waals surface area contributed by atoms with Gasteiger partial charge in [-0.15, -0.1) is 6.58 Å². The number of aromatic nitrogens is 2.